The molecule has 6 saturated carbocycles. The van der Waals surface area contributed by atoms with E-state index >= 15 is 0 Å². The third kappa shape index (κ3) is 7.59. The lowest BCUT2D eigenvalue weighted by Gasteiger charge is -2.61. The van der Waals surface area contributed by atoms with Crippen LogP contribution in [0, 0.1) is 92.7 Å². The van der Waals surface area contributed by atoms with E-state index in [1.807, 2.05) is 0 Å². The van der Waals surface area contributed by atoms with Crippen LogP contribution in [0.1, 0.15) is 144 Å². The van der Waals surface area contributed by atoms with E-state index in [4.69, 9.17) is 9.47 Å². The Morgan fingerprint density at radius 2 is 1.25 bits per heavy atom. The molecule has 8 rings (SSSR count). The van der Waals surface area contributed by atoms with E-state index < -0.39 is 23.1 Å². The van der Waals surface area contributed by atoms with Crippen LogP contribution in [0.15, 0.2) is 23.8 Å². The number of Topliss-reactive ketones (excluding diaryl/α,β-unsaturated/α-hetero) is 2. The summed E-state index contributed by atoms with van der Waals surface area (Å²) in [6.07, 6.45) is 14.5. The number of hydrogen-bond acceptors (Lipinski definition) is 8. The molecule has 0 aliphatic heterocycles. The lowest BCUT2D eigenvalue weighted by atomic mass is 9.44. The molecule has 2 N–H and O–H groups in total. The molecular weight excluding hydrogens is 767 g/mol. The smallest absolute Gasteiger partial charge is 0.305 e. The number of methoxy groups -OCH3 is 2. The molecule has 8 nitrogen and oxygen atoms in total. The fraction of sp³-hybridized carbons (Fsp3) is 0.840. The third-order valence-corrected chi connectivity index (χ3v) is 19.7. The topological polar surface area (TPSA) is 127 Å². The van der Waals surface area contributed by atoms with Gasteiger partial charge in [0.25, 0.3) is 0 Å². The van der Waals surface area contributed by atoms with E-state index in [0.29, 0.717) is 73.4 Å². The van der Waals surface area contributed by atoms with Crippen molar-refractivity contribution in [2.45, 2.75) is 156 Å². The van der Waals surface area contributed by atoms with Crippen molar-refractivity contribution in [2.75, 3.05) is 14.2 Å². The normalized spacial score (nSPS) is 46.3. The second-order valence-corrected chi connectivity index (χ2v) is 22.2. The zero-order valence-electron chi connectivity index (χ0n) is 37.7. The zero-order chi connectivity index (χ0) is 43.7. The van der Waals surface area contributed by atoms with Crippen LogP contribution < -0.4 is 0 Å². The van der Waals surface area contributed by atoms with E-state index in [2.05, 4.69) is 41.5 Å². The fourth-order valence-corrected chi connectivity index (χ4v) is 16.4. The average Bonchev–Trinajstić information content (AvgIpc) is 3.75. The Hall–Kier alpha value is -2.46. The molecule has 0 heterocycles. The lowest BCUT2D eigenvalue weighted by molar-refractivity contribution is -0.150. The predicted octanol–water partition coefficient (Wildman–Crippen LogP) is 9.70. The number of allylic oxidation sites excluding steroid dienone is 3. The zero-order valence-corrected chi connectivity index (χ0v) is 37.7. The highest BCUT2D eigenvalue weighted by atomic mass is 19.1. The first-order valence-corrected chi connectivity index (χ1v) is 23.6. The van der Waals surface area contributed by atoms with Gasteiger partial charge in [0, 0.05) is 31.6 Å². The number of aliphatic hydroxyl groups excluding tert-OH is 2. The summed E-state index contributed by atoms with van der Waals surface area (Å²) in [5.41, 5.74) is -0.421. The number of fused-ring (bicyclic) bond motifs is 10. The molecule has 0 amide bonds. The molecule has 0 spiro atoms. The summed E-state index contributed by atoms with van der Waals surface area (Å²) in [5.74, 6) is 1.89. The van der Waals surface area contributed by atoms with Gasteiger partial charge in [-0.05, 0) is 176 Å². The highest BCUT2D eigenvalue weighted by Gasteiger charge is 2.64. The van der Waals surface area contributed by atoms with Crippen LogP contribution in [0.25, 0.3) is 0 Å². The van der Waals surface area contributed by atoms with Gasteiger partial charge < -0.3 is 19.7 Å². The Balaban J connectivity index is 0.000000181. The second kappa shape index (κ2) is 16.9. The van der Waals surface area contributed by atoms with Crippen LogP contribution in [0.5, 0.6) is 0 Å². The van der Waals surface area contributed by atoms with E-state index in [0.717, 1.165) is 64.2 Å². The first-order chi connectivity index (χ1) is 28.2. The summed E-state index contributed by atoms with van der Waals surface area (Å²) in [4.78, 5) is 48.5. The number of hydrogen-bond donors (Lipinski definition) is 2. The molecule has 8 aliphatic rings. The minimum atomic E-state index is -1.01. The Kier molecular flexibility index (Phi) is 12.8. The summed E-state index contributed by atoms with van der Waals surface area (Å²) in [5, 5.41) is 21.3. The summed E-state index contributed by atoms with van der Waals surface area (Å²) < 4.78 is 38.4. The largest absolute Gasteiger partial charge is 0.469 e. The van der Waals surface area contributed by atoms with Crippen LogP contribution in [-0.2, 0) is 28.7 Å². The van der Waals surface area contributed by atoms with Crippen molar-refractivity contribution in [3.05, 3.63) is 23.8 Å². The molecule has 0 bridgehead atoms. The van der Waals surface area contributed by atoms with Crippen LogP contribution in [-0.4, -0.2) is 60.1 Å². The molecule has 60 heavy (non-hydrogen) atoms. The molecule has 8 aliphatic carbocycles. The SMILES string of the molecule is COC(=O)CC[C@@H](C)[C@H]1CCC2C3C(=O)C[C@@H]4CC(=O)C(F)=C[C@]4(C)C3CC[C@@]21C.COC(=O)CC[C@@H](C)[C@H]1CCC2C3C(CC[C@@]21C)[C@@]1(C)C=C(F)[C@@H](O)C[C@H]1C[C@H]3O. The summed E-state index contributed by atoms with van der Waals surface area (Å²) in [7, 11) is 2.88. The van der Waals surface area contributed by atoms with Gasteiger partial charge >= 0.3 is 11.9 Å². The maximum atomic E-state index is 14.5. The summed E-state index contributed by atoms with van der Waals surface area (Å²) in [6, 6.07) is 0. The Bertz CT molecular complexity index is 1740. The molecule has 0 aromatic carbocycles. The van der Waals surface area contributed by atoms with E-state index in [9.17, 15) is 38.2 Å². The maximum Gasteiger partial charge on any atom is 0.305 e. The molecule has 10 heteroatoms. The van der Waals surface area contributed by atoms with Crippen molar-refractivity contribution < 1.29 is 47.6 Å². The van der Waals surface area contributed by atoms with Gasteiger partial charge in [-0.3, -0.25) is 19.2 Å². The molecule has 0 aromatic heterocycles. The lowest BCUT2D eigenvalue weighted by Crippen LogP contribution is -2.58. The molecule has 6 fully saturated rings. The van der Waals surface area contributed by atoms with Gasteiger partial charge in [-0.2, -0.15) is 0 Å². The van der Waals surface area contributed by atoms with Crippen molar-refractivity contribution in [3.8, 4) is 0 Å². The molecule has 6 unspecified atom stereocenters. The van der Waals surface area contributed by atoms with Crippen LogP contribution >= 0.6 is 0 Å². The van der Waals surface area contributed by atoms with Gasteiger partial charge in [-0.25, -0.2) is 8.78 Å². The van der Waals surface area contributed by atoms with Gasteiger partial charge in [-0.1, -0.05) is 41.5 Å². The summed E-state index contributed by atoms with van der Waals surface area (Å²) >= 11 is 0. The van der Waals surface area contributed by atoms with Crippen LogP contribution in [0.3, 0.4) is 0 Å². The minimum Gasteiger partial charge on any atom is -0.469 e. The predicted molar refractivity (Wildman–Crippen MR) is 224 cm³/mol. The summed E-state index contributed by atoms with van der Waals surface area (Å²) in [6.45, 7) is 13.5. The number of ketones is 2. The maximum absolute atomic E-state index is 14.5. The number of halogens is 2. The van der Waals surface area contributed by atoms with Crippen molar-refractivity contribution >= 4 is 23.5 Å². The number of carbonyl (C=O) groups excluding carboxylic acids is 4. The van der Waals surface area contributed by atoms with Gasteiger partial charge in [0.1, 0.15) is 17.7 Å². The molecule has 336 valence electrons. The first kappa shape index (κ1) is 45.6. The van der Waals surface area contributed by atoms with Crippen LogP contribution in [0.2, 0.25) is 0 Å². The van der Waals surface area contributed by atoms with Crippen molar-refractivity contribution in [1.82, 2.24) is 0 Å². The Morgan fingerprint density at radius 3 is 1.83 bits per heavy atom. The fourth-order valence-electron chi connectivity index (χ4n) is 16.4. The van der Waals surface area contributed by atoms with Crippen molar-refractivity contribution in [3.63, 3.8) is 0 Å². The standard InChI is InChI=1S/C25H39FO4.C25H35FO4/c2*1-14(5-8-22(29)30-4)16-6-7-17-23-18(9-10-24(16,17)2)25(3)13-19(26)20(27)11-15(25)12-21(23)28/h13-18,20-21,23,27-28H,5-12H2,1-4H3;13-18,23H,5-12H2,1-4H3/t14-,15+,16-,17?,18?,20+,21-,23?,24-,25+;14-,15+,16-,17?,18?,23?,24-,25+/m11/s1. The number of carbonyl (C=O) groups is 4. The number of rotatable bonds is 8. The first-order valence-electron chi connectivity index (χ1n) is 23.6. The quantitative estimate of drug-likeness (QED) is 0.232. The highest BCUT2D eigenvalue weighted by Crippen LogP contribution is 2.69. The number of esters is 2. The van der Waals surface area contributed by atoms with Crippen LogP contribution in [0.4, 0.5) is 8.78 Å². The van der Waals surface area contributed by atoms with Gasteiger partial charge in [0.15, 0.2) is 11.6 Å². The minimum absolute atomic E-state index is 0.0277. The number of ether oxygens (including phenoxy) is 2. The van der Waals surface area contributed by atoms with Crippen molar-refractivity contribution in [2.24, 2.45) is 92.7 Å². The molecule has 0 radical (unpaired) electrons. The van der Waals surface area contributed by atoms with E-state index in [1.165, 1.54) is 14.2 Å². The molecular formula is C50H74F2O8. The average molecular weight is 841 g/mol. The van der Waals surface area contributed by atoms with Gasteiger partial charge in [0.05, 0.1) is 20.3 Å². The Morgan fingerprint density at radius 1 is 0.717 bits per heavy atom. The van der Waals surface area contributed by atoms with Crippen molar-refractivity contribution in [1.29, 1.82) is 0 Å². The molecule has 0 aromatic rings. The van der Waals surface area contributed by atoms with Gasteiger partial charge in [0.2, 0.25) is 0 Å². The number of aliphatic hydroxyl groups is 2. The Labute approximate surface area is 357 Å². The second-order valence-electron chi connectivity index (χ2n) is 22.2. The van der Waals surface area contributed by atoms with Gasteiger partial charge in [-0.15, -0.1) is 0 Å². The van der Waals surface area contributed by atoms with E-state index in [1.54, 1.807) is 12.2 Å². The van der Waals surface area contributed by atoms with E-state index in [-0.39, 0.29) is 82.0 Å². The third-order valence-electron chi connectivity index (χ3n) is 19.7. The highest BCUT2D eigenvalue weighted by molar-refractivity contribution is 5.95. The molecule has 18 atom stereocenters. The monoisotopic (exact) mass is 841 g/mol. The molecule has 0 saturated heterocycles.